The van der Waals surface area contributed by atoms with Crippen LogP contribution in [-0.2, 0) is 0 Å². The lowest BCUT2D eigenvalue weighted by atomic mass is 10.2. The highest BCUT2D eigenvalue weighted by Crippen LogP contribution is 2.18. The second-order valence-electron chi connectivity index (χ2n) is 1.55. The fourth-order valence-electron chi connectivity index (χ4n) is 0.517. The van der Waals surface area contributed by atoms with Gasteiger partial charge in [0.05, 0.1) is 0 Å². The highest BCUT2D eigenvalue weighted by Gasteiger charge is 2.06. The van der Waals surface area contributed by atoms with Gasteiger partial charge in [0, 0.05) is 10.9 Å². The Labute approximate surface area is 56.2 Å². The first-order valence-electron chi connectivity index (χ1n) is 2.32. The lowest BCUT2D eigenvalue weighted by Gasteiger charge is -2.03. The Hall–Kier alpha value is -0.110. The molecule has 43 valence electrons. The van der Waals surface area contributed by atoms with Crippen LogP contribution in [0.2, 0.25) is 0 Å². The van der Waals surface area contributed by atoms with Crippen LogP contribution in [-0.4, -0.2) is 6.17 Å². The van der Waals surface area contributed by atoms with Crippen molar-refractivity contribution < 1.29 is 4.39 Å². The molecule has 0 spiro atoms. The van der Waals surface area contributed by atoms with Gasteiger partial charge < -0.3 is 0 Å². The summed E-state index contributed by atoms with van der Waals surface area (Å²) in [6, 6.07) is 0. The Morgan fingerprint density at radius 2 is 2.38 bits per heavy atom. The minimum Gasteiger partial charge on any atom is -0.242 e. The normalized spacial score (nSPS) is 27.8. The van der Waals surface area contributed by atoms with Crippen molar-refractivity contribution in [2.24, 2.45) is 0 Å². The molecule has 0 bridgehead atoms. The van der Waals surface area contributed by atoms with Crippen molar-refractivity contribution in [1.82, 2.24) is 0 Å². The Bertz CT molecular complexity index is 137. The number of hydrogen-bond donors (Lipinski definition) is 0. The van der Waals surface area contributed by atoms with Gasteiger partial charge in [-0.1, -0.05) is 34.2 Å². The van der Waals surface area contributed by atoms with Gasteiger partial charge in [-0.15, -0.1) is 0 Å². The summed E-state index contributed by atoms with van der Waals surface area (Å²) in [5, 5.41) is 0. The summed E-state index contributed by atoms with van der Waals surface area (Å²) in [7, 11) is 0. The molecule has 1 aliphatic rings. The zero-order chi connectivity index (χ0) is 5.98. The van der Waals surface area contributed by atoms with E-state index < -0.39 is 6.17 Å². The smallest absolute Gasteiger partial charge is 0.127 e. The molecule has 2 heteroatoms. The van der Waals surface area contributed by atoms with Crippen LogP contribution >= 0.6 is 15.9 Å². The molecule has 0 saturated heterocycles. The molecule has 1 radical (unpaired) electrons. The molecular weight excluding hydrogens is 171 g/mol. The fourth-order valence-corrected chi connectivity index (χ4v) is 0.922. The van der Waals surface area contributed by atoms with E-state index in [1.165, 1.54) is 12.5 Å². The lowest BCUT2D eigenvalue weighted by molar-refractivity contribution is 0.450. The maximum atomic E-state index is 12.2. The van der Waals surface area contributed by atoms with E-state index in [-0.39, 0.29) is 0 Å². The van der Waals surface area contributed by atoms with Crippen molar-refractivity contribution in [3.63, 3.8) is 0 Å². The SMILES string of the molecule is FC1[CH]C(Br)=CC=C1. The summed E-state index contributed by atoms with van der Waals surface area (Å²) < 4.78 is 13.0. The highest BCUT2D eigenvalue weighted by atomic mass is 79.9. The summed E-state index contributed by atoms with van der Waals surface area (Å²) >= 11 is 3.14. The van der Waals surface area contributed by atoms with Gasteiger partial charge in [-0.2, -0.15) is 0 Å². The van der Waals surface area contributed by atoms with Crippen LogP contribution in [0.1, 0.15) is 0 Å². The predicted octanol–water partition coefficient (Wildman–Crippen LogP) is 2.38. The summed E-state index contributed by atoms with van der Waals surface area (Å²) in [5.41, 5.74) is 0. The molecule has 0 saturated carbocycles. The number of rotatable bonds is 0. The van der Waals surface area contributed by atoms with Gasteiger partial charge in [0.2, 0.25) is 0 Å². The van der Waals surface area contributed by atoms with Gasteiger partial charge >= 0.3 is 0 Å². The molecule has 1 aliphatic carbocycles. The molecule has 0 amide bonds. The van der Waals surface area contributed by atoms with Crippen molar-refractivity contribution in [3.05, 3.63) is 29.1 Å². The molecule has 0 aliphatic heterocycles. The zero-order valence-corrected chi connectivity index (χ0v) is 5.73. The van der Waals surface area contributed by atoms with Crippen LogP contribution in [0, 0.1) is 6.42 Å². The number of allylic oxidation sites excluding steroid dienone is 4. The minimum atomic E-state index is -0.908. The van der Waals surface area contributed by atoms with Crippen molar-refractivity contribution in [1.29, 1.82) is 0 Å². The Balaban J connectivity index is 2.59. The molecule has 0 fully saturated rings. The largest absolute Gasteiger partial charge is 0.242 e. The highest BCUT2D eigenvalue weighted by molar-refractivity contribution is 9.11. The van der Waals surface area contributed by atoms with Crippen LogP contribution in [0.4, 0.5) is 4.39 Å². The second kappa shape index (κ2) is 2.44. The van der Waals surface area contributed by atoms with Crippen LogP contribution in [0.5, 0.6) is 0 Å². The first-order valence-corrected chi connectivity index (χ1v) is 3.11. The molecule has 1 rings (SSSR count). The zero-order valence-electron chi connectivity index (χ0n) is 4.14. The van der Waals surface area contributed by atoms with Crippen molar-refractivity contribution in [2.45, 2.75) is 6.17 Å². The number of hydrogen-bond acceptors (Lipinski definition) is 0. The van der Waals surface area contributed by atoms with E-state index in [1.807, 2.05) is 0 Å². The van der Waals surface area contributed by atoms with Gasteiger partial charge in [-0.25, -0.2) is 4.39 Å². The predicted molar refractivity (Wildman–Crippen MR) is 35.3 cm³/mol. The van der Waals surface area contributed by atoms with Crippen LogP contribution in [0.25, 0.3) is 0 Å². The van der Waals surface area contributed by atoms with E-state index in [4.69, 9.17) is 0 Å². The molecule has 0 N–H and O–H groups in total. The molecule has 0 aromatic rings. The van der Waals surface area contributed by atoms with Gasteiger partial charge in [0.25, 0.3) is 0 Å². The average molecular weight is 176 g/mol. The van der Waals surface area contributed by atoms with Crippen LogP contribution in [0.3, 0.4) is 0 Å². The first kappa shape index (κ1) is 6.02. The monoisotopic (exact) mass is 175 g/mol. The summed E-state index contributed by atoms with van der Waals surface area (Å²) in [4.78, 5) is 0. The quantitative estimate of drug-likeness (QED) is 0.531. The van der Waals surface area contributed by atoms with Gasteiger partial charge in [0.1, 0.15) is 6.17 Å². The van der Waals surface area contributed by atoms with E-state index >= 15 is 0 Å². The Morgan fingerprint density at radius 3 is 2.75 bits per heavy atom. The van der Waals surface area contributed by atoms with Gasteiger partial charge in [0.15, 0.2) is 0 Å². The second-order valence-corrected chi connectivity index (χ2v) is 2.46. The molecule has 8 heavy (non-hydrogen) atoms. The van der Waals surface area contributed by atoms with Crippen LogP contribution < -0.4 is 0 Å². The molecule has 0 aromatic carbocycles. The average Bonchev–Trinajstić information content (AvgIpc) is 1.64. The first-order chi connectivity index (χ1) is 3.79. The van der Waals surface area contributed by atoms with Crippen molar-refractivity contribution in [3.8, 4) is 0 Å². The summed E-state index contributed by atoms with van der Waals surface area (Å²) in [6.07, 6.45) is 5.57. The lowest BCUT2D eigenvalue weighted by Crippen LogP contribution is -1.98. The van der Waals surface area contributed by atoms with E-state index in [2.05, 4.69) is 15.9 Å². The molecule has 1 atom stereocenters. The number of alkyl halides is 1. The molecule has 0 heterocycles. The van der Waals surface area contributed by atoms with E-state index in [9.17, 15) is 4.39 Å². The third-order valence-electron chi connectivity index (χ3n) is 0.869. The Morgan fingerprint density at radius 1 is 1.62 bits per heavy atom. The Kier molecular flexibility index (Phi) is 1.84. The summed E-state index contributed by atoms with van der Waals surface area (Å²) in [6.45, 7) is 0. The van der Waals surface area contributed by atoms with Gasteiger partial charge in [-0.05, 0) is 0 Å². The van der Waals surface area contributed by atoms with Crippen molar-refractivity contribution >= 4 is 15.9 Å². The molecule has 0 nitrogen and oxygen atoms in total. The molecule has 0 aromatic heterocycles. The fraction of sp³-hybridized carbons (Fsp3) is 0.167. The van der Waals surface area contributed by atoms with E-state index in [0.717, 1.165) is 4.48 Å². The maximum absolute atomic E-state index is 12.2. The van der Waals surface area contributed by atoms with Gasteiger partial charge in [-0.3, -0.25) is 0 Å². The molecule has 1 unspecified atom stereocenters. The third kappa shape index (κ3) is 1.44. The maximum Gasteiger partial charge on any atom is 0.127 e. The van der Waals surface area contributed by atoms with Crippen LogP contribution in [0.15, 0.2) is 22.7 Å². The van der Waals surface area contributed by atoms with Crippen molar-refractivity contribution in [2.75, 3.05) is 0 Å². The topological polar surface area (TPSA) is 0 Å². The standard InChI is InChI=1S/C6H5BrF/c7-5-2-1-3-6(8)4-5/h1-4,6H. The minimum absolute atomic E-state index is 0.813. The van der Waals surface area contributed by atoms with E-state index in [0.29, 0.717) is 0 Å². The summed E-state index contributed by atoms with van der Waals surface area (Å²) in [5.74, 6) is 0. The third-order valence-corrected chi connectivity index (χ3v) is 1.40. The molecular formula is C6H5BrF. The van der Waals surface area contributed by atoms with E-state index in [1.54, 1.807) is 12.2 Å². The number of halogens is 2.